The van der Waals surface area contributed by atoms with Crippen molar-refractivity contribution >= 4 is 6.29 Å². The molecule has 0 amide bonds. The summed E-state index contributed by atoms with van der Waals surface area (Å²) in [6.07, 6.45) is 4.18. The van der Waals surface area contributed by atoms with Crippen LogP contribution in [0, 0.1) is 0 Å². The molecule has 0 rings (SSSR count). The zero-order chi connectivity index (χ0) is 7.82. The number of ether oxygens (including phenoxy) is 1. The van der Waals surface area contributed by atoms with E-state index in [4.69, 9.17) is 4.74 Å². The monoisotopic (exact) mass is 142 g/mol. The average molecular weight is 142 g/mol. The van der Waals surface area contributed by atoms with Crippen LogP contribution in [-0.4, -0.2) is 12.9 Å². The molecule has 0 aliphatic rings. The van der Waals surface area contributed by atoms with Crippen molar-refractivity contribution in [1.29, 1.82) is 0 Å². The molecule has 0 aliphatic heterocycles. The molecule has 2 heteroatoms. The fraction of sp³-hybridized carbons (Fsp3) is 0.625. The molecule has 0 saturated heterocycles. The Kier molecular flexibility index (Phi) is 5.83. The maximum absolute atomic E-state index is 10.3. The van der Waals surface area contributed by atoms with E-state index >= 15 is 0 Å². The molecular formula is C8H14O2. The summed E-state index contributed by atoms with van der Waals surface area (Å²) in [6.45, 7) is 4.55. The molecule has 0 heterocycles. The van der Waals surface area contributed by atoms with Gasteiger partial charge in [-0.05, 0) is 13.3 Å². The maximum Gasteiger partial charge on any atom is 0.149 e. The van der Waals surface area contributed by atoms with Gasteiger partial charge >= 0.3 is 0 Å². The first-order valence-electron chi connectivity index (χ1n) is 3.61. The van der Waals surface area contributed by atoms with Crippen molar-refractivity contribution in [2.75, 3.05) is 6.61 Å². The van der Waals surface area contributed by atoms with Crippen molar-refractivity contribution in [3.63, 3.8) is 0 Å². The summed E-state index contributed by atoms with van der Waals surface area (Å²) in [7, 11) is 0. The molecule has 0 saturated carbocycles. The summed E-state index contributed by atoms with van der Waals surface area (Å²) in [5.74, 6) is 0. The molecule has 0 unspecified atom stereocenters. The van der Waals surface area contributed by atoms with Gasteiger partial charge in [0.1, 0.15) is 6.29 Å². The number of hydrogen-bond acceptors (Lipinski definition) is 2. The molecule has 0 atom stereocenters. The Morgan fingerprint density at radius 2 is 2.20 bits per heavy atom. The number of rotatable bonds is 5. The van der Waals surface area contributed by atoms with Gasteiger partial charge in [0.05, 0.1) is 12.9 Å². The Hall–Kier alpha value is -0.790. The SMILES string of the molecule is CCC/C(C=O)=C\OCC. The van der Waals surface area contributed by atoms with Crippen LogP contribution < -0.4 is 0 Å². The van der Waals surface area contributed by atoms with E-state index in [1.807, 2.05) is 13.8 Å². The van der Waals surface area contributed by atoms with Gasteiger partial charge in [-0.2, -0.15) is 0 Å². The van der Waals surface area contributed by atoms with E-state index < -0.39 is 0 Å². The van der Waals surface area contributed by atoms with Crippen LogP contribution in [0.15, 0.2) is 11.8 Å². The Labute approximate surface area is 61.9 Å². The predicted octanol–water partition coefficient (Wildman–Crippen LogP) is 1.91. The lowest BCUT2D eigenvalue weighted by Crippen LogP contribution is -1.87. The summed E-state index contributed by atoms with van der Waals surface area (Å²) in [5.41, 5.74) is 0.740. The first-order chi connectivity index (χ1) is 4.85. The van der Waals surface area contributed by atoms with Gasteiger partial charge in [-0.3, -0.25) is 4.79 Å². The van der Waals surface area contributed by atoms with Crippen molar-refractivity contribution in [2.45, 2.75) is 26.7 Å². The van der Waals surface area contributed by atoms with E-state index in [1.165, 1.54) is 6.26 Å². The van der Waals surface area contributed by atoms with Gasteiger partial charge in [0.15, 0.2) is 0 Å². The molecule has 0 aliphatic carbocycles. The molecule has 0 radical (unpaired) electrons. The van der Waals surface area contributed by atoms with E-state index in [2.05, 4.69) is 0 Å². The zero-order valence-electron chi connectivity index (χ0n) is 6.59. The third kappa shape index (κ3) is 4.13. The number of allylic oxidation sites excluding steroid dienone is 1. The minimum absolute atomic E-state index is 0.626. The Balaban J connectivity index is 3.66. The van der Waals surface area contributed by atoms with Gasteiger partial charge in [0.2, 0.25) is 0 Å². The van der Waals surface area contributed by atoms with Crippen LogP contribution in [0.1, 0.15) is 26.7 Å². The highest BCUT2D eigenvalue weighted by Gasteiger charge is 1.91. The number of hydrogen-bond donors (Lipinski definition) is 0. The topological polar surface area (TPSA) is 26.3 Å². The molecule has 2 nitrogen and oxygen atoms in total. The molecule has 0 bridgehead atoms. The van der Waals surface area contributed by atoms with Crippen LogP contribution in [0.2, 0.25) is 0 Å². The van der Waals surface area contributed by atoms with Crippen LogP contribution in [-0.2, 0) is 9.53 Å². The maximum atomic E-state index is 10.3. The van der Waals surface area contributed by atoms with E-state index in [0.29, 0.717) is 6.61 Å². The van der Waals surface area contributed by atoms with E-state index in [-0.39, 0.29) is 0 Å². The van der Waals surface area contributed by atoms with Crippen LogP contribution >= 0.6 is 0 Å². The molecule has 10 heavy (non-hydrogen) atoms. The fourth-order valence-corrected chi connectivity index (χ4v) is 0.625. The lowest BCUT2D eigenvalue weighted by atomic mass is 10.2. The zero-order valence-corrected chi connectivity index (χ0v) is 6.59. The van der Waals surface area contributed by atoms with Crippen molar-refractivity contribution in [1.82, 2.24) is 0 Å². The summed E-state index contributed by atoms with van der Waals surface area (Å²) in [6, 6.07) is 0. The smallest absolute Gasteiger partial charge is 0.149 e. The van der Waals surface area contributed by atoms with Gasteiger partial charge in [-0.1, -0.05) is 13.3 Å². The summed E-state index contributed by atoms with van der Waals surface area (Å²) >= 11 is 0. The van der Waals surface area contributed by atoms with Crippen LogP contribution in [0.5, 0.6) is 0 Å². The standard InChI is InChI=1S/C8H14O2/c1-3-5-8(6-9)7-10-4-2/h6-7H,3-5H2,1-2H3/b8-7+. The summed E-state index contributed by atoms with van der Waals surface area (Å²) < 4.78 is 4.95. The lowest BCUT2D eigenvalue weighted by molar-refractivity contribution is -0.105. The Morgan fingerprint density at radius 1 is 1.50 bits per heavy atom. The van der Waals surface area contributed by atoms with Crippen LogP contribution in [0.3, 0.4) is 0 Å². The first kappa shape index (κ1) is 9.21. The van der Waals surface area contributed by atoms with Crippen molar-refractivity contribution in [3.05, 3.63) is 11.8 Å². The Morgan fingerprint density at radius 3 is 2.60 bits per heavy atom. The lowest BCUT2D eigenvalue weighted by Gasteiger charge is -1.96. The summed E-state index contributed by atoms with van der Waals surface area (Å²) in [4.78, 5) is 10.3. The molecule has 0 aromatic heterocycles. The highest BCUT2D eigenvalue weighted by molar-refractivity contribution is 5.72. The van der Waals surface area contributed by atoms with Crippen molar-refractivity contribution in [3.8, 4) is 0 Å². The Bertz CT molecular complexity index is 116. The molecule has 0 spiro atoms. The van der Waals surface area contributed by atoms with Crippen LogP contribution in [0.4, 0.5) is 0 Å². The highest BCUT2D eigenvalue weighted by atomic mass is 16.5. The van der Waals surface area contributed by atoms with Gasteiger partial charge in [0.25, 0.3) is 0 Å². The minimum atomic E-state index is 0.626. The third-order valence-corrected chi connectivity index (χ3v) is 1.09. The second-order valence-corrected chi connectivity index (χ2v) is 2.02. The van der Waals surface area contributed by atoms with E-state index in [9.17, 15) is 4.79 Å². The van der Waals surface area contributed by atoms with Crippen molar-refractivity contribution < 1.29 is 9.53 Å². The number of carbonyl (C=O) groups excluding carboxylic acids is 1. The normalized spacial score (nSPS) is 11.2. The van der Waals surface area contributed by atoms with Gasteiger partial charge in [-0.25, -0.2) is 0 Å². The fourth-order valence-electron chi connectivity index (χ4n) is 0.625. The first-order valence-corrected chi connectivity index (χ1v) is 3.61. The molecular weight excluding hydrogens is 128 g/mol. The molecule has 58 valence electrons. The number of carbonyl (C=O) groups is 1. The molecule has 0 N–H and O–H groups in total. The predicted molar refractivity (Wildman–Crippen MR) is 40.7 cm³/mol. The van der Waals surface area contributed by atoms with E-state index in [1.54, 1.807) is 0 Å². The van der Waals surface area contributed by atoms with Crippen LogP contribution in [0.25, 0.3) is 0 Å². The van der Waals surface area contributed by atoms with Gasteiger partial charge in [0, 0.05) is 5.57 Å². The average Bonchev–Trinajstić information content (AvgIpc) is 1.98. The van der Waals surface area contributed by atoms with Crippen molar-refractivity contribution in [2.24, 2.45) is 0 Å². The molecule has 0 fully saturated rings. The third-order valence-electron chi connectivity index (χ3n) is 1.09. The number of aldehydes is 1. The highest BCUT2D eigenvalue weighted by Crippen LogP contribution is 2.00. The quantitative estimate of drug-likeness (QED) is 0.333. The summed E-state index contributed by atoms with van der Waals surface area (Å²) in [5, 5.41) is 0. The molecule has 0 aromatic rings. The van der Waals surface area contributed by atoms with Gasteiger partial charge in [-0.15, -0.1) is 0 Å². The second-order valence-electron chi connectivity index (χ2n) is 2.02. The molecule has 0 aromatic carbocycles. The second kappa shape index (κ2) is 6.33. The minimum Gasteiger partial charge on any atom is -0.501 e. The largest absolute Gasteiger partial charge is 0.501 e. The van der Waals surface area contributed by atoms with Gasteiger partial charge < -0.3 is 4.74 Å². The van der Waals surface area contributed by atoms with E-state index in [0.717, 1.165) is 24.7 Å².